The Bertz CT molecular complexity index is 542. The van der Waals surface area contributed by atoms with Crippen LogP contribution in [-0.2, 0) is 16.4 Å². The summed E-state index contributed by atoms with van der Waals surface area (Å²) in [6.07, 6.45) is 4.03. The summed E-state index contributed by atoms with van der Waals surface area (Å²) in [7, 11) is 0.772. The Labute approximate surface area is 120 Å². The molecule has 1 fully saturated rings. The SMILES string of the molecule is CN(C)c1ccc(C[C@@H]2CCCN(S(C)(=O)=O)C2)nn1. The van der Waals surface area contributed by atoms with Crippen LogP contribution in [-0.4, -0.2) is 56.4 Å². The molecule has 0 unspecified atom stereocenters. The average molecular weight is 298 g/mol. The summed E-state index contributed by atoms with van der Waals surface area (Å²) in [5.41, 5.74) is 0.927. The Hall–Kier alpha value is -1.21. The van der Waals surface area contributed by atoms with E-state index in [9.17, 15) is 8.42 Å². The second kappa shape index (κ2) is 6.05. The number of sulfonamides is 1. The Morgan fingerprint density at radius 1 is 1.35 bits per heavy atom. The Kier molecular flexibility index (Phi) is 4.59. The monoisotopic (exact) mass is 298 g/mol. The fraction of sp³-hybridized carbons (Fsp3) is 0.692. The summed E-state index contributed by atoms with van der Waals surface area (Å²) < 4.78 is 24.8. The van der Waals surface area contributed by atoms with E-state index >= 15 is 0 Å². The van der Waals surface area contributed by atoms with Crippen molar-refractivity contribution in [1.29, 1.82) is 0 Å². The number of hydrogen-bond acceptors (Lipinski definition) is 5. The second-order valence-electron chi connectivity index (χ2n) is 5.61. The first-order chi connectivity index (χ1) is 9.36. The van der Waals surface area contributed by atoms with Gasteiger partial charge in [-0.15, -0.1) is 5.10 Å². The Morgan fingerprint density at radius 2 is 2.10 bits per heavy atom. The van der Waals surface area contributed by atoms with Crippen LogP contribution in [0.5, 0.6) is 0 Å². The molecule has 0 N–H and O–H groups in total. The Balaban J connectivity index is 1.99. The molecule has 2 heterocycles. The molecule has 0 radical (unpaired) electrons. The number of hydrogen-bond donors (Lipinski definition) is 0. The normalized spacial score (nSPS) is 20.9. The molecule has 20 heavy (non-hydrogen) atoms. The van der Waals surface area contributed by atoms with Crippen molar-refractivity contribution in [2.24, 2.45) is 5.92 Å². The number of nitrogens with zero attached hydrogens (tertiary/aromatic N) is 4. The summed E-state index contributed by atoms with van der Waals surface area (Å²) in [6.45, 7) is 1.23. The summed E-state index contributed by atoms with van der Waals surface area (Å²) in [5, 5.41) is 8.38. The van der Waals surface area contributed by atoms with Crippen molar-refractivity contribution < 1.29 is 8.42 Å². The summed E-state index contributed by atoms with van der Waals surface area (Å²) in [4.78, 5) is 1.91. The van der Waals surface area contributed by atoms with Crippen LogP contribution in [0.2, 0.25) is 0 Å². The largest absolute Gasteiger partial charge is 0.361 e. The number of aromatic nitrogens is 2. The highest BCUT2D eigenvalue weighted by atomic mass is 32.2. The topological polar surface area (TPSA) is 66.4 Å². The molecule has 2 rings (SSSR count). The fourth-order valence-corrected chi connectivity index (χ4v) is 3.43. The highest BCUT2D eigenvalue weighted by Crippen LogP contribution is 2.22. The van der Waals surface area contributed by atoms with Gasteiger partial charge in [0.05, 0.1) is 11.9 Å². The second-order valence-corrected chi connectivity index (χ2v) is 7.59. The van der Waals surface area contributed by atoms with Gasteiger partial charge < -0.3 is 4.90 Å². The molecule has 0 spiro atoms. The minimum atomic E-state index is -3.08. The minimum Gasteiger partial charge on any atom is -0.361 e. The van der Waals surface area contributed by atoms with Gasteiger partial charge in [0.25, 0.3) is 0 Å². The van der Waals surface area contributed by atoms with Crippen LogP contribution in [0, 0.1) is 5.92 Å². The molecule has 1 aromatic heterocycles. The average Bonchev–Trinajstić information content (AvgIpc) is 2.38. The van der Waals surface area contributed by atoms with Crippen molar-refractivity contribution in [3.05, 3.63) is 17.8 Å². The van der Waals surface area contributed by atoms with E-state index in [-0.39, 0.29) is 0 Å². The molecule has 0 aliphatic carbocycles. The van der Waals surface area contributed by atoms with Crippen molar-refractivity contribution in [2.45, 2.75) is 19.3 Å². The van der Waals surface area contributed by atoms with Crippen molar-refractivity contribution in [3.8, 4) is 0 Å². The Morgan fingerprint density at radius 3 is 2.65 bits per heavy atom. The van der Waals surface area contributed by atoms with Crippen LogP contribution in [0.25, 0.3) is 0 Å². The van der Waals surface area contributed by atoms with E-state index in [0.717, 1.165) is 30.8 Å². The van der Waals surface area contributed by atoms with Crippen molar-refractivity contribution in [2.75, 3.05) is 38.3 Å². The van der Waals surface area contributed by atoms with Crippen LogP contribution in [0.1, 0.15) is 18.5 Å². The zero-order valence-corrected chi connectivity index (χ0v) is 13.1. The van der Waals surface area contributed by atoms with Crippen LogP contribution < -0.4 is 4.90 Å². The van der Waals surface area contributed by atoms with E-state index < -0.39 is 10.0 Å². The van der Waals surface area contributed by atoms with Gasteiger partial charge in [0, 0.05) is 27.2 Å². The van der Waals surface area contributed by atoms with Gasteiger partial charge in [-0.25, -0.2) is 12.7 Å². The quantitative estimate of drug-likeness (QED) is 0.821. The standard InChI is InChI=1S/C13H22N4O2S/c1-16(2)13-7-6-12(14-15-13)9-11-5-4-8-17(10-11)20(3,18)19/h6-7,11H,4-5,8-10H2,1-3H3/t11-/m0/s1. The molecule has 7 heteroatoms. The van der Waals surface area contributed by atoms with Gasteiger partial charge in [-0.3, -0.25) is 0 Å². The molecule has 1 saturated heterocycles. The van der Waals surface area contributed by atoms with Crippen LogP contribution in [0.3, 0.4) is 0 Å². The smallest absolute Gasteiger partial charge is 0.211 e. The molecule has 0 amide bonds. The van der Waals surface area contributed by atoms with Crippen molar-refractivity contribution >= 4 is 15.8 Å². The molecule has 1 aliphatic rings. The van der Waals surface area contributed by atoms with E-state index in [0.29, 0.717) is 19.0 Å². The lowest BCUT2D eigenvalue weighted by atomic mass is 9.94. The first kappa shape index (κ1) is 15.2. The third-order valence-electron chi connectivity index (χ3n) is 3.61. The van der Waals surface area contributed by atoms with Gasteiger partial charge in [-0.1, -0.05) is 0 Å². The predicted molar refractivity (Wildman–Crippen MR) is 79.2 cm³/mol. The molecule has 112 valence electrons. The molecule has 0 bridgehead atoms. The molecule has 0 aromatic carbocycles. The van der Waals surface area contributed by atoms with Gasteiger partial charge in [0.1, 0.15) is 0 Å². The molecule has 0 saturated carbocycles. The van der Waals surface area contributed by atoms with E-state index in [1.807, 2.05) is 31.1 Å². The first-order valence-corrected chi connectivity index (χ1v) is 8.66. The van der Waals surface area contributed by atoms with E-state index in [1.54, 1.807) is 4.31 Å². The lowest BCUT2D eigenvalue weighted by Crippen LogP contribution is -2.39. The van der Waals surface area contributed by atoms with Gasteiger partial charge in [0.2, 0.25) is 10.0 Å². The maximum atomic E-state index is 11.6. The molecule has 6 nitrogen and oxygen atoms in total. The molecular weight excluding hydrogens is 276 g/mol. The summed E-state index contributed by atoms with van der Waals surface area (Å²) in [5.74, 6) is 1.16. The fourth-order valence-electron chi connectivity index (χ4n) is 2.49. The minimum absolute atomic E-state index is 0.331. The van der Waals surface area contributed by atoms with Gasteiger partial charge in [-0.2, -0.15) is 5.10 Å². The van der Waals surface area contributed by atoms with E-state index in [2.05, 4.69) is 10.2 Å². The molecule has 1 atom stereocenters. The van der Waals surface area contributed by atoms with Gasteiger partial charge >= 0.3 is 0 Å². The number of piperidine rings is 1. The highest BCUT2D eigenvalue weighted by Gasteiger charge is 2.26. The van der Waals surface area contributed by atoms with Gasteiger partial charge in [0.15, 0.2) is 5.82 Å². The first-order valence-electron chi connectivity index (χ1n) is 6.81. The molecule has 1 aliphatic heterocycles. The lowest BCUT2D eigenvalue weighted by molar-refractivity contribution is 0.265. The zero-order valence-electron chi connectivity index (χ0n) is 12.3. The number of anilines is 1. The molecular formula is C13H22N4O2S. The number of rotatable bonds is 4. The summed E-state index contributed by atoms with van der Waals surface area (Å²) in [6, 6.07) is 3.92. The predicted octanol–water partition coefficient (Wildman–Crippen LogP) is 0.757. The van der Waals surface area contributed by atoms with Gasteiger partial charge in [-0.05, 0) is 37.3 Å². The van der Waals surface area contributed by atoms with Crippen LogP contribution >= 0.6 is 0 Å². The molecule has 1 aromatic rings. The van der Waals surface area contributed by atoms with E-state index in [4.69, 9.17) is 0 Å². The van der Waals surface area contributed by atoms with Crippen LogP contribution in [0.4, 0.5) is 5.82 Å². The lowest BCUT2D eigenvalue weighted by Gasteiger charge is -2.30. The third kappa shape index (κ3) is 3.89. The summed E-state index contributed by atoms with van der Waals surface area (Å²) >= 11 is 0. The highest BCUT2D eigenvalue weighted by molar-refractivity contribution is 7.88. The van der Waals surface area contributed by atoms with Crippen molar-refractivity contribution in [1.82, 2.24) is 14.5 Å². The van der Waals surface area contributed by atoms with E-state index in [1.165, 1.54) is 6.26 Å². The zero-order chi connectivity index (χ0) is 14.8. The maximum absolute atomic E-state index is 11.6. The van der Waals surface area contributed by atoms with Crippen LogP contribution in [0.15, 0.2) is 12.1 Å². The maximum Gasteiger partial charge on any atom is 0.211 e. The third-order valence-corrected chi connectivity index (χ3v) is 4.88. The van der Waals surface area contributed by atoms with Crippen molar-refractivity contribution in [3.63, 3.8) is 0 Å².